The van der Waals surface area contributed by atoms with Crippen LogP contribution in [0.2, 0.25) is 0 Å². The molecule has 1 amide bonds. The lowest BCUT2D eigenvalue weighted by atomic mass is 10.1. The first kappa shape index (κ1) is 19.8. The number of benzene rings is 2. The van der Waals surface area contributed by atoms with Gasteiger partial charge in [0.2, 0.25) is 0 Å². The van der Waals surface area contributed by atoms with E-state index in [1.54, 1.807) is 12.1 Å². The van der Waals surface area contributed by atoms with Gasteiger partial charge in [0, 0.05) is 36.1 Å². The van der Waals surface area contributed by atoms with Crippen molar-refractivity contribution < 1.29 is 9.53 Å². The molecular weight excluding hydrogens is 362 g/mol. The molecule has 0 saturated carbocycles. The van der Waals surface area contributed by atoms with Crippen LogP contribution in [0.1, 0.15) is 30.6 Å². The van der Waals surface area contributed by atoms with E-state index in [1.807, 2.05) is 24.3 Å². The molecule has 2 unspecified atom stereocenters. The third-order valence-corrected chi connectivity index (χ3v) is 6.02. The molecule has 2 aliphatic heterocycles. The van der Waals surface area contributed by atoms with Gasteiger partial charge in [-0.25, -0.2) is 0 Å². The van der Waals surface area contributed by atoms with Gasteiger partial charge in [-0.05, 0) is 80.4 Å². The van der Waals surface area contributed by atoms with Crippen LogP contribution in [0, 0.1) is 11.8 Å². The lowest BCUT2D eigenvalue weighted by Crippen LogP contribution is -2.32. The molecule has 0 bridgehead atoms. The second kappa shape index (κ2) is 8.46. The first-order valence-electron chi connectivity index (χ1n) is 10.6. The van der Waals surface area contributed by atoms with Gasteiger partial charge in [-0.3, -0.25) is 4.79 Å². The molecular formula is C24H31N3O2. The molecule has 0 radical (unpaired) electrons. The standard InChI is InChI=1S/C24H31N3O2/c1-17(2)16-29-22-10-4-18(5-11-22)24(28)25-20-6-8-21(9-7-20)27-14-19-12-13-26(3)23(19)15-27/h4-11,17,19,23H,12-16H2,1-3H3,(H,25,28). The van der Waals surface area contributed by atoms with E-state index in [9.17, 15) is 4.79 Å². The SMILES string of the molecule is CC(C)COc1ccc(C(=O)Nc2ccc(N3CC4CCN(C)C4C3)cc2)cc1. The fourth-order valence-corrected chi connectivity index (χ4v) is 4.31. The average molecular weight is 394 g/mol. The summed E-state index contributed by atoms with van der Waals surface area (Å²) in [4.78, 5) is 17.5. The van der Waals surface area contributed by atoms with E-state index < -0.39 is 0 Å². The molecule has 5 nitrogen and oxygen atoms in total. The Labute approximate surface area is 173 Å². The third kappa shape index (κ3) is 4.56. The van der Waals surface area contributed by atoms with Gasteiger partial charge in [0.25, 0.3) is 5.91 Å². The summed E-state index contributed by atoms with van der Waals surface area (Å²) in [5.74, 6) is 1.94. The van der Waals surface area contributed by atoms with Crippen molar-refractivity contribution in [3.8, 4) is 5.75 Å². The van der Waals surface area contributed by atoms with E-state index in [2.05, 4.69) is 48.1 Å². The van der Waals surface area contributed by atoms with Gasteiger partial charge < -0.3 is 19.9 Å². The van der Waals surface area contributed by atoms with Gasteiger partial charge in [0.1, 0.15) is 5.75 Å². The van der Waals surface area contributed by atoms with Crippen molar-refractivity contribution in [2.45, 2.75) is 26.3 Å². The Balaban J connectivity index is 1.33. The third-order valence-electron chi connectivity index (χ3n) is 6.02. The average Bonchev–Trinajstić information content (AvgIpc) is 3.29. The number of likely N-dealkylation sites (N-methyl/N-ethyl adjacent to an activating group) is 1. The molecule has 4 rings (SSSR count). The number of amides is 1. The first-order chi connectivity index (χ1) is 14.0. The van der Waals surface area contributed by atoms with Gasteiger partial charge in [-0.1, -0.05) is 13.8 Å². The number of nitrogens with one attached hydrogen (secondary N) is 1. The van der Waals surface area contributed by atoms with Crippen molar-refractivity contribution in [3.63, 3.8) is 0 Å². The fraction of sp³-hybridized carbons (Fsp3) is 0.458. The molecule has 29 heavy (non-hydrogen) atoms. The summed E-state index contributed by atoms with van der Waals surface area (Å²) < 4.78 is 5.68. The van der Waals surface area contributed by atoms with Crippen LogP contribution >= 0.6 is 0 Å². The van der Waals surface area contributed by atoms with Gasteiger partial charge in [0.05, 0.1) is 6.61 Å². The van der Waals surface area contributed by atoms with Crippen LogP contribution in [0.25, 0.3) is 0 Å². The van der Waals surface area contributed by atoms with E-state index in [0.29, 0.717) is 24.1 Å². The molecule has 0 aromatic heterocycles. The first-order valence-corrected chi connectivity index (χ1v) is 10.6. The van der Waals surface area contributed by atoms with Crippen LogP contribution in [0.4, 0.5) is 11.4 Å². The molecule has 2 aromatic rings. The molecule has 2 saturated heterocycles. The van der Waals surface area contributed by atoms with Crippen molar-refractivity contribution >= 4 is 17.3 Å². The number of fused-ring (bicyclic) bond motifs is 1. The van der Waals surface area contributed by atoms with Crippen molar-refractivity contribution in [1.29, 1.82) is 0 Å². The highest BCUT2D eigenvalue weighted by Crippen LogP contribution is 2.33. The summed E-state index contributed by atoms with van der Waals surface area (Å²) in [6.07, 6.45) is 1.30. The number of likely N-dealkylation sites (tertiary alicyclic amines) is 1. The minimum absolute atomic E-state index is 0.106. The van der Waals surface area contributed by atoms with Crippen molar-refractivity contribution in [2.24, 2.45) is 11.8 Å². The number of ether oxygens (including phenoxy) is 1. The maximum atomic E-state index is 12.5. The normalized spacial score (nSPS) is 21.4. The zero-order chi connectivity index (χ0) is 20.4. The Morgan fingerprint density at radius 3 is 2.48 bits per heavy atom. The highest BCUT2D eigenvalue weighted by Gasteiger charge is 2.39. The fourth-order valence-electron chi connectivity index (χ4n) is 4.31. The highest BCUT2D eigenvalue weighted by atomic mass is 16.5. The topological polar surface area (TPSA) is 44.8 Å². The maximum absolute atomic E-state index is 12.5. The van der Waals surface area contributed by atoms with Gasteiger partial charge in [0.15, 0.2) is 0 Å². The van der Waals surface area contributed by atoms with E-state index in [4.69, 9.17) is 4.74 Å². The smallest absolute Gasteiger partial charge is 0.255 e. The Kier molecular flexibility index (Phi) is 5.76. The van der Waals surface area contributed by atoms with Crippen LogP contribution in [-0.4, -0.2) is 50.1 Å². The number of carbonyl (C=O) groups excluding carboxylic acids is 1. The van der Waals surface area contributed by atoms with Crippen LogP contribution in [0.5, 0.6) is 5.75 Å². The largest absolute Gasteiger partial charge is 0.493 e. The number of anilines is 2. The molecule has 2 heterocycles. The summed E-state index contributed by atoms with van der Waals surface area (Å²) in [6, 6.07) is 16.2. The van der Waals surface area contributed by atoms with E-state index in [1.165, 1.54) is 18.7 Å². The summed E-state index contributed by atoms with van der Waals surface area (Å²) in [7, 11) is 2.23. The van der Waals surface area contributed by atoms with Crippen LogP contribution in [0.15, 0.2) is 48.5 Å². The van der Waals surface area contributed by atoms with Crippen LogP contribution in [-0.2, 0) is 0 Å². The second-order valence-electron chi connectivity index (χ2n) is 8.73. The van der Waals surface area contributed by atoms with Gasteiger partial charge in [-0.2, -0.15) is 0 Å². The quantitative estimate of drug-likeness (QED) is 0.802. The monoisotopic (exact) mass is 393 g/mol. The molecule has 1 N–H and O–H groups in total. The number of nitrogens with zero attached hydrogens (tertiary/aromatic N) is 2. The van der Waals surface area contributed by atoms with E-state index in [0.717, 1.165) is 30.4 Å². The molecule has 5 heteroatoms. The lowest BCUT2D eigenvalue weighted by Gasteiger charge is -2.22. The van der Waals surface area contributed by atoms with Crippen LogP contribution < -0.4 is 15.0 Å². The number of hydrogen-bond acceptors (Lipinski definition) is 4. The predicted molar refractivity (Wildman–Crippen MR) is 118 cm³/mol. The van der Waals surface area contributed by atoms with Crippen molar-refractivity contribution in [3.05, 3.63) is 54.1 Å². The molecule has 2 fully saturated rings. The zero-order valence-electron chi connectivity index (χ0n) is 17.6. The van der Waals surface area contributed by atoms with Crippen molar-refractivity contribution in [1.82, 2.24) is 4.90 Å². The van der Waals surface area contributed by atoms with E-state index in [-0.39, 0.29) is 5.91 Å². The summed E-state index contributed by atoms with van der Waals surface area (Å²) in [6.45, 7) is 8.34. The number of carbonyl (C=O) groups is 1. The molecule has 2 aliphatic rings. The summed E-state index contributed by atoms with van der Waals surface area (Å²) in [5, 5.41) is 2.99. The molecule has 2 atom stereocenters. The molecule has 154 valence electrons. The molecule has 2 aromatic carbocycles. The molecule has 0 aliphatic carbocycles. The lowest BCUT2D eigenvalue weighted by molar-refractivity contribution is 0.102. The number of hydrogen-bond donors (Lipinski definition) is 1. The minimum Gasteiger partial charge on any atom is -0.493 e. The Morgan fingerprint density at radius 2 is 1.83 bits per heavy atom. The summed E-state index contributed by atoms with van der Waals surface area (Å²) in [5.41, 5.74) is 2.68. The maximum Gasteiger partial charge on any atom is 0.255 e. The Bertz CT molecular complexity index is 832. The zero-order valence-corrected chi connectivity index (χ0v) is 17.6. The van der Waals surface area contributed by atoms with Gasteiger partial charge >= 0.3 is 0 Å². The van der Waals surface area contributed by atoms with Gasteiger partial charge in [-0.15, -0.1) is 0 Å². The minimum atomic E-state index is -0.106. The Hall–Kier alpha value is -2.53. The predicted octanol–water partition coefficient (Wildman–Crippen LogP) is 4.11. The number of rotatable bonds is 6. The van der Waals surface area contributed by atoms with Crippen LogP contribution in [0.3, 0.4) is 0 Å². The Morgan fingerprint density at radius 1 is 1.10 bits per heavy atom. The summed E-state index contributed by atoms with van der Waals surface area (Å²) >= 11 is 0. The van der Waals surface area contributed by atoms with Crippen molar-refractivity contribution in [2.75, 3.05) is 43.5 Å². The second-order valence-corrected chi connectivity index (χ2v) is 8.73. The highest BCUT2D eigenvalue weighted by molar-refractivity contribution is 6.04. The van der Waals surface area contributed by atoms with E-state index >= 15 is 0 Å². The molecule has 0 spiro atoms.